The normalized spacial score (nSPS) is 9.42. The lowest BCUT2D eigenvalue weighted by molar-refractivity contribution is 0.311. The van der Waals surface area contributed by atoms with Gasteiger partial charge in [0.05, 0.1) is 6.61 Å². The Kier molecular flexibility index (Phi) is 3.22. The van der Waals surface area contributed by atoms with E-state index < -0.39 is 0 Å². The van der Waals surface area contributed by atoms with E-state index in [4.69, 9.17) is 5.11 Å². The van der Waals surface area contributed by atoms with Gasteiger partial charge in [0.15, 0.2) is 0 Å². The Balaban J connectivity index is 2.66. The molecule has 12 heavy (non-hydrogen) atoms. The molecule has 0 aromatic heterocycles. The van der Waals surface area contributed by atoms with Crippen molar-refractivity contribution in [1.29, 1.82) is 0 Å². The predicted molar refractivity (Wildman–Crippen MR) is 47.5 cm³/mol. The zero-order valence-corrected chi connectivity index (χ0v) is 6.53. The van der Waals surface area contributed by atoms with E-state index in [1.807, 2.05) is 6.07 Å². The summed E-state index contributed by atoms with van der Waals surface area (Å²) in [6.45, 7) is 0.543. The second kappa shape index (κ2) is 4.46. The van der Waals surface area contributed by atoms with Gasteiger partial charge < -0.3 is 10.4 Å². The molecule has 0 spiro atoms. The smallest absolute Gasteiger partial charge is 0.110 e. The van der Waals surface area contributed by atoms with Gasteiger partial charge in [-0.25, -0.2) is 0 Å². The van der Waals surface area contributed by atoms with Crippen LogP contribution in [0.3, 0.4) is 0 Å². The molecular weight excluding hydrogens is 156 g/mol. The van der Waals surface area contributed by atoms with Crippen LogP contribution in [-0.2, 0) is 0 Å². The Morgan fingerprint density at radius 2 is 2.33 bits per heavy atom. The van der Waals surface area contributed by atoms with E-state index in [0.717, 1.165) is 5.69 Å². The molecule has 4 heteroatoms. The molecular formula is C8H10N2O2. The number of hydrogen-bond acceptors (Lipinski definition) is 4. The number of aliphatic hydroxyl groups is 1. The summed E-state index contributed by atoms with van der Waals surface area (Å²) in [5.74, 6) is 0. The summed E-state index contributed by atoms with van der Waals surface area (Å²) in [4.78, 5) is 10.1. The molecule has 0 aliphatic heterocycles. The topological polar surface area (TPSA) is 61.7 Å². The van der Waals surface area contributed by atoms with Gasteiger partial charge in [-0.05, 0) is 23.4 Å². The molecule has 1 aromatic rings. The molecule has 0 saturated heterocycles. The first-order chi connectivity index (χ1) is 5.86. The van der Waals surface area contributed by atoms with Crippen molar-refractivity contribution in [2.75, 3.05) is 18.5 Å². The van der Waals surface area contributed by atoms with Gasteiger partial charge in [0.2, 0.25) is 0 Å². The van der Waals surface area contributed by atoms with Crippen LogP contribution in [-0.4, -0.2) is 18.3 Å². The number of aliphatic hydroxyl groups excluding tert-OH is 1. The standard InChI is InChI=1S/C8H10N2O2/c11-5-4-9-7-2-1-3-8(6-7)10-12/h1-3,6,9,11H,4-5H2. The Bertz CT molecular complexity index is 263. The van der Waals surface area contributed by atoms with Gasteiger partial charge in [0.25, 0.3) is 0 Å². The molecule has 0 aliphatic carbocycles. The van der Waals surface area contributed by atoms with Crippen molar-refractivity contribution in [3.05, 3.63) is 29.2 Å². The molecule has 1 aromatic carbocycles. The zero-order chi connectivity index (χ0) is 8.81. The van der Waals surface area contributed by atoms with Crippen molar-refractivity contribution in [1.82, 2.24) is 0 Å². The molecule has 0 amide bonds. The number of nitrogens with zero attached hydrogens (tertiary/aromatic N) is 1. The van der Waals surface area contributed by atoms with Crippen molar-refractivity contribution >= 4 is 11.4 Å². The highest BCUT2D eigenvalue weighted by Gasteiger charge is 1.93. The number of benzene rings is 1. The fraction of sp³-hybridized carbons (Fsp3) is 0.250. The largest absolute Gasteiger partial charge is 0.395 e. The lowest BCUT2D eigenvalue weighted by Crippen LogP contribution is -2.04. The number of anilines is 1. The van der Waals surface area contributed by atoms with Crippen molar-refractivity contribution < 1.29 is 5.11 Å². The Morgan fingerprint density at radius 3 is 3.00 bits per heavy atom. The molecule has 0 radical (unpaired) electrons. The maximum atomic E-state index is 10.1. The molecule has 0 heterocycles. The summed E-state index contributed by atoms with van der Waals surface area (Å²) in [5.41, 5.74) is 1.18. The van der Waals surface area contributed by atoms with E-state index in [1.165, 1.54) is 0 Å². The second-order valence-electron chi connectivity index (χ2n) is 2.29. The predicted octanol–water partition coefficient (Wildman–Crippen LogP) is 1.49. The zero-order valence-electron chi connectivity index (χ0n) is 6.53. The average Bonchev–Trinajstić information content (AvgIpc) is 2.15. The monoisotopic (exact) mass is 166 g/mol. The highest BCUT2D eigenvalue weighted by molar-refractivity contribution is 5.53. The van der Waals surface area contributed by atoms with Crippen LogP contribution in [0.15, 0.2) is 29.4 Å². The molecule has 1 rings (SSSR count). The van der Waals surface area contributed by atoms with Gasteiger partial charge in [-0.2, -0.15) is 0 Å². The van der Waals surface area contributed by atoms with Gasteiger partial charge in [-0.3, -0.25) is 0 Å². The summed E-state index contributed by atoms with van der Waals surface area (Å²) in [6, 6.07) is 6.79. The van der Waals surface area contributed by atoms with Crippen LogP contribution in [0.2, 0.25) is 0 Å². The molecule has 64 valence electrons. The maximum Gasteiger partial charge on any atom is 0.110 e. The molecule has 0 unspecified atom stereocenters. The fourth-order valence-electron chi connectivity index (χ4n) is 0.873. The van der Waals surface area contributed by atoms with Gasteiger partial charge in [-0.1, -0.05) is 6.07 Å². The van der Waals surface area contributed by atoms with Crippen molar-refractivity contribution in [2.24, 2.45) is 5.18 Å². The highest BCUT2D eigenvalue weighted by atomic mass is 16.3. The molecule has 0 saturated carbocycles. The number of nitroso groups, excluding NO2 is 1. The lowest BCUT2D eigenvalue weighted by Gasteiger charge is -2.02. The van der Waals surface area contributed by atoms with Crippen LogP contribution in [0, 0.1) is 4.91 Å². The van der Waals surface area contributed by atoms with Crippen LogP contribution < -0.4 is 5.32 Å². The number of rotatable bonds is 4. The van der Waals surface area contributed by atoms with E-state index in [-0.39, 0.29) is 6.61 Å². The molecule has 2 N–H and O–H groups in total. The van der Waals surface area contributed by atoms with E-state index in [2.05, 4.69) is 10.5 Å². The third-order valence-electron chi connectivity index (χ3n) is 1.39. The summed E-state index contributed by atoms with van der Waals surface area (Å²) in [7, 11) is 0. The molecule has 0 bridgehead atoms. The second-order valence-corrected chi connectivity index (χ2v) is 2.29. The lowest BCUT2D eigenvalue weighted by atomic mass is 10.3. The summed E-state index contributed by atoms with van der Waals surface area (Å²) >= 11 is 0. The fourth-order valence-corrected chi connectivity index (χ4v) is 0.873. The number of nitrogens with one attached hydrogen (secondary N) is 1. The van der Waals surface area contributed by atoms with Crippen LogP contribution in [0.4, 0.5) is 11.4 Å². The third-order valence-corrected chi connectivity index (χ3v) is 1.39. The minimum atomic E-state index is 0.0682. The minimum Gasteiger partial charge on any atom is -0.395 e. The Hall–Kier alpha value is -1.42. The minimum absolute atomic E-state index is 0.0682. The van der Waals surface area contributed by atoms with Crippen LogP contribution in [0.1, 0.15) is 0 Å². The van der Waals surface area contributed by atoms with Gasteiger partial charge in [0.1, 0.15) is 5.69 Å². The molecule has 0 atom stereocenters. The van der Waals surface area contributed by atoms with Crippen LogP contribution >= 0.6 is 0 Å². The van der Waals surface area contributed by atoms with E-state index >= 15 is 0 Å². The van der Waals surface area contributed by atoms with E-state index in [0.29, 0.717) is 12.2 Å². The quantitative estimate of drug-likeness (QED) is 0.666. The van der Waals surface area contributed by atoms with E-state index in [9.17, 15) is 4.91 Å². The SMILES string of the molecule is O=Nc1cccc(NCCO)c1. The maximum absolute atomic E-state index is 10.1. The van der Waals surface area contributed by atoms with Crippen molar-refractivity contribution in [3.8, 4) is 0 Å². The first kappa shape index (κ1) is 8.67. The molecule has 0 fully saturated rings. The Morgan fingerprint density at radius 1 is 1.50 bits per heavy atom. The molecule has 0 aliphatic rings. The van der Waals surface area contributed by atoms with E-state index in [1.54, 1.807) is 18.2 Å². The Labute approximate surface area is 70.2 Å². The average molecular weight is 166 g/mol. The van der Waals surface area contributed by atoms with Gasteiger partial charge >= 0.3 is 0 Å². The van der Waals surface area contributed by atoms with Crippen molar-refractivity contribution in [2.45, 2.75) is 0 Å². The van der Waals surface area contributed by atoms with Gasteiger partial charge in [0, 0.05) is 12.2 Å². The van der Waals surface area contributed by atoms with Crippen LogP contribution in [0.25, 0.3) is 0 Å². The van der Waals surface area contributed by atoms with Gasteiger partial charge in [-0.15, -0.1) is 4.91 Å². The summed E-state index contributed by atoms with van der Waals surface area (Å²) in [6.07, 6.45) is 0. The highest BCUT2D eigenvalue weighted by Crippen LogP contribution is 2.16. The third kappa shape index (κ3) is 2.32. The summed E-state index contributed by atoms with van der Waals surface area (Å²) < 4.78 is 0. The first-order valence-corrected chi connectivity index (χ1v) is 3.65. The molecule has 4 nitrogen and oxygen atoms in total. The first-order valence-electron chi connectivity index (χ1n) is 3.65. The van der Waals surface area contributed by atoms with Crippen molar-refractivity contribution in [3.63, 3.8) is 0 Å². The summed E-state index contributed by atoms with van der Waals surface area (Å²) in [5, 5.41) is 14.2. The van der Waals surface area contributed by atoms with Crippen LogP contribution in [0.5, 0.6) is 0 Å². The number of hydrogen-bond donors (Lipinski definition) is 2.